The topological polar surface area (TPSA) is 192 Å². The van der Waals surface area contributed by atoms with Crippen molar-refractivity contribution in [3.8, 4) is 33.9 Å². The Labute approximate surface area is 237 Å². The van der Waals surface area contributed by atoms with Crippen LogP contribution in [0.25, 0.3) is 22.4 Å². The number of nitrogens with two attached hydrogens (primary N) is 1. The first-order valence-corrected chi connectivity index (χ1v) is 13.4. The van der Waals surface area contributed by atoms with Gasteiger partial charge in [0.05, 0.1) is 5.69 Å². The second kappa shape index (κ2) is 11.8. The van der Waals surface area contributed by atoms with Gasteiger partial charge in [-0.15, -0.1) is 0 Å². The summed E-state index contributed by atoms with van der Waals surface area (Å²) in [5.74, 6) is -3.42. The van der Waals surface area contributed by atoms with Gasteiger partial charge >= 0.3 is 11.9 Å². The van der Waals surface area contributed by atoms with Gasteiger partial charge in [0.1, 0.15) is 22.7 Å². The number of hydrogen-bond acceptors (Lipinski definition) is 9. The van der Waals surface area contributed by atoms with E-state index in [1.54, 1.807) is 0 Å². The van der Waals surface area contributed by atoms with Crippen molar-refractivity contribution >= 4 is 45.2 Å². The van der Waals surface area contributed by atoms with E-state index in [0.717, 1.165) is 6.20 Å². The lowest BCUT2D eigenvalue weighted by atomic mass is 10.1. The van der Waals surface area contributed by atoms with Gasteiger partial charge in [-0.05, 0) is 48.5 Å². The van der Waals surface area contributed by atoms with Crippen molar-refractivity contribution in [1.82, 2.24) is 15.0 Å². The van der Waals surface area contributed by atoms with Crippen molar-refractivity contribution in [2.75, 3.05) is 0 Å². The highest BCUT2D eigenvalue weighted by Crippen LogP contribution is 2.35. The van der Waals surface area contributed by atoms with Gasteiger partial charge in [-0.1, -0.05) is 23.2 Å². The number of halogens is 2. The van der Waals surface area contributed by atoms with E-state index in [9.17, 15) is 28.2 Å². The minimum atomic E-state index is -4.02. The Morgan fingerprint density at radius 1 is 0.800 bits per heavy atom. The third-order valence-electron chi connectivity index (χ3n) is 5.37. The Kier molecular flexibility index (Phi) is 8.49. The highest BCUT2D eigenvalue weighted by atomic mass is 35.5. The van der Waals surface area contributed by atoms with Crippen LogP contribution in [0.3, 0.4) is 0 Å². The van der Waals surface area contributed by atoms with Gasteiger partial charge in [-0.3, -0.25) is 4.98 Å². The quantitative estimate of drug-likeness (QED) is 0.240. The zero-order valence-electron chi connectivity index (χ0n) is 20.0. The number of hydrogen-bond donors (Lipinski definition) is 3. The molecule has 0 aliphatic rings. The first kappa shape index (κ1) is 28.7. The van der Waals surface area contributed by atoms with Gasteiger partial charge in [-0.25, -0.2) is 33.1 Å². The molecule has 0 aliphatic carbocycles. The maximum absolute atomic E-state index is 12.3. The van der Waals surface area contributed by atoms with Crippen LogP contribution in [0.1, 0.15) is 0 Å². The number of carbonyl (C=O) groups is 2. The zero-order valence-corrected chi connectivity index (χ0v) is 22.3. The predicted octanol–water partition coefficient (Wildman–Crippen LogP) is 3.52. The smallest absolute Gasteiger partial charge is 0.349 e. The number of ether oxygens (including phenoxy) is 2. The molecule has 0 saturated heterocycles. The van der Waals surface area contributed by atoms with Crippen LogP contribution in [0.15, 0.2) is 78.3 Å². The molecular weight excluding hydrogens is 587 g/mol. The average molecular weight is 605 g/mol. The summed E-state index contributed by atoms with van der Waals surface area (Å²) in [6, 6.07) is 10.9. The molecule has 2 atom stereocenters. The molecule has 0 amide bonds. The normalized spacial score (nSPS) is 12.8. The SMILES string of the molecule is NS(=O)(=O)c1ccc(-c2cc(Cl)ccc2OC(C(=O)O)C(Oc2ccc(Cl)cc2-c2cncnc2)C(=O)O)nc1. The van der Waals surface area contributed by atoms with Crippen LogP contribution in [0.5, 0.6) is 11.5 Å². The zero-order chi connectivity index (χ0) is 29.0. The number of nitrogens with zero attached hydrogens (tertiary/aromatic N) is 3. The predicted molar refractivity (Wildman–Crippen MR) is 143 cm³/mol. The molecule has 206 valence electrons. The summed E-state index contributed by atoms with van der Waals surface area (Å²) in [6.45, 7) is 0. The number of pyridine rings is 1. The summed E-state index contributed by atoms with van der Waals surface area (Å²) >= 11 is 12.2. The van der Waals surface area contributed by atoms with E-state index in [-0.39, 0.29) is 32.7 Å². The summed E-state index contributed by atoms with van der Waals surface area (Å²) < 4.78 is 34.5. The second-order valence-electron chi connectivity index (χ2n) is 8.09. The molecule has 4 rings (SSSR count). The number of aliphatic carboxylic acids is 2. The van der Waals surface area contributed by atoms with E-state index < -0.39 is 34.2 Å². The first-order valence-electron chi connectivity index (χ1n) is 11.1. The molecule has 40 heavy (non-hydrogen) atoms. The molecule has 0 fully saturated rings. The molecule has 0 aliphatic heterocycles. The third-order valence-corrected chi connectivity index (χ3v) is 6.73. The van der Waals surface area contributed by atoms with Gasteiger partial charge in [-0.2, -0.15) is 0 Å². The molecule has 15 heteroatoms. The van der Waals surface area contributed by atoms with Crippen molar-refractivity contribution in [3.05, 3.63) is 83.5 Å². The highest BCUT2D eigenvalue weighted by molar-refractivity contribution is 7.89. The summed E-state index contributed by atoms with van der Waals surface area (Å²) in [6.07, 6.45) is 1.06. The summed E-state index contributed by atoms with van der Waals surface area (Å²) in [5.41, 5.74) is 1.05. The number of benzene rings is 2. The van der Waals surface area contributed by atoms with Crippen molar-refractivity contribution in [3.63, 3.8) is 0 Å². The molecule has 4 N–H and O–H groups in total. The van der Waals surface area contributed by atoms with Crippen molar-refractivity contribution in [2.45, 2.75) is 17.1 Å². The van der Waals surface area contributed by atoms with E-state index in [1.807, 2.05) is 0 Å². The lowest BCUT2D eigenvalue weighted by Crippen LogP contribution is -2.47. The number of sulfonamides is 1. The summed E-state index contributed by atoms with van der Waals surface area (Å²) in [5, 5.41) is 25.6. The largest absolute Gasteiger partial charge is 0.478 e. The van der Waals surface area contributed by atoms with Crippen LogP contribution in [-0.2, 0) is 19.6 Å². The fourth-order valence-electron chi connectivity index (χ4n) is 3.54. The van der Waals surface area contributed by atoms with E-state index in [1.165, 1.54) is 67.3 Å². The lowest BCUT2D eigenvalue weighted by molar-refractivity contribution is -0.161. The number of carboxylic acids is 2. The summed E-state index contributed by atoms with van der Waals surface area (Å²) in [7, 11) is -4.02. The van der Waals surface area contributed by atoms with Crippen molar-refractivity contribution < 1.29 is 37.7 Å². The average Bonchev–Trinajstić information content (AvgIpc) is 2.91. The highest BCUT2D eigenvalue weighted by Gasteiger charge is 2.39. The first-order chi connectivity index (χ1) is 18.9. The maximum atomic E-state index is 12.3. The monoisotopic (exact) mass is 604 g/mol. The standard InChI is InChI=1S/C25H18Cl2N4O8S/c26-14-1-5-20(17(7-14)13-9-29-12-30-10-13)38-22(24(32)33)23(25(34)35)39-21-6-2-15(27)8-18(21)19-4-3-16(11-31-19)40(28,36)37/h1-12,22-23H,(H,32,33)(H,34,35)(H2,28,36,37). The number of carboxylic acid groups (broad SMARTS) is 2. The van der Waals surface area contributed by atoms with E-state index in [2.05, 4.69) is 15.0 Å². The molecule has 0 spiro atoms. The van der Waals surface area contributed by atoms with Gasteiger partial charge in [0, 0.05) is 45.3 Å². The van der Waals surface area contributed by atoms with E-state index >= 15 is 0 Å². The van der Waals surface area contributed by atoms with Gasteiger partial charge in [0.25, 0.3) is 0 Å². The van der Waals surface area contributed by atoms with Crippen LogP contribution >= 0.6 is 23.2 Å². The van der Waals surface area contributed by atoms with Gasteiger partial charge < -0.3 is 19.7 Å². The Balaban J connectivity index is 1.72. The molecule has 0 saturated carbocycles. The molecule has 2 aromatic carbocycles. The lowest BCUT2D eigenvalue weighted by Gasteiger charge is -2.25. The second-order valence-corrected chi connectivity index (χ2v) is 10.5. The van der Waals surface area contributed by atoms with Crippen LogP contribution in [0.2, 0.25) is 10.0 Å². The van der Waals surface area contributed by atoms with Crippen LogP contribution < -0.4 is 14.6 Å². The van der Waals surface area contributed by atoms with E-state index in [0.29, 0.717) is 16.1 Å². The van der Waals surface area contributed by atoms with Crippen LogP contribution in [-0.4, -0.2) is 57.7 Å². The number of rotatable bonds is 10. The maximum Gasteiger partial charge on any atom is 0.349 e. The van der Waals surface area contributed by atoms with E-state index in [4.69, 9.17) is 37.8 Å². The van der Waals surface area contributed by atoms with Crippen molar-refractivity contribution in [2.24, 2.45) is 5.14 Å². The molecule has 2 aromatic heterocycles. The van der Waals surface area contributed by atoms with Crippen LogP contribution in [0, 0.1) is 0 Å². The number of primary sulfonamides is 1. The Hall–Kier alpha value is -4.30. The van der Waals surface area contributed by atoms with Crippen molar-refractivity contribution in [1.29, 1.82) is 0 Å². The Bertz CT molecular complexity index is 1670. The molecule has 0 radical (unpaired) electrons. The number of aromatic nitrogens is 3. The Morgan fingerprint density at radius 3 is 1.80 bits per heavy atom. The van der Waals surface area contributed by atoms with Gasteiger partial charge in [0.15, 0.2) is 0 Å². The van der Waals surface area contributed by atoms with Crippen LogP contribution in [0.4, 0.5) is 0 Å². The third kappa shape index (κ3) is 6.63. The minimum absolute atomic E-state index is 0.0157. The minimum Gasteiger partial charge on any atom is -0.478 e. The fourth-order valence-corrected chi connectivity index (χ4v) is 4.34. The van der Waals surface area contributed by atoms with Gasteiger partial charge in [0.2, 0.25) is 22.2 Å². The fraction of sp³-hybridized carbons (Fsp3) is 0.0800. The molecule has 0 bridgehead atoms. The molecule has 2 unspecified atom stereocenters. The molecule has 4 aromatic rings. The summed E-state index contributed by atoms with van der Waals surface area (Å²) in [4.78, 5) is 36.2. The molecular formula is C25H18Cl2N4O8S. The Morgan fingerprint density at radius 2 is 1.32 bits per heavy atom. The molecule has 12 nitrogen and oxygen atoms in total. The molecule has 2 heterocycles.